The summed E-state index contributed by atoms with van der Waals surface area (Å²) in [5.74, 6) is -2.77. The van der Waals surface area contributed by atoms with Crippen molar-refractivity contribution in [3.05, 3.63) is 71.0 Å². The fourth-order valence-electron chi connectivity index (χ4n) is 2.53. The second-order valence-corrected chi connectivity index (χ2v) is 5.75. The summed E-state index contributed by atoms with van der Waals surface area (Å²) in [5.41, 5.74) is 1.45. The van der Waals surface area contributed by atoms with Gasteiger partial charge in [-0.25, -0.2) is 13.2 Å². The Labute approximate surface area is 142 Å². The van der Waals surface area contributed by atoms with Gasteiger partial charge < -0.3 is 10.2 Å². The van der Waals surface area contributed by atoms with Crippen molar-refractivity contribution in [3.8, 4) is 0 Å². The van der Waals surface area contributed by atoms with Crippen molar-refractivity contribution < 1.29 is 22.8 Å². The molecule has 1 amide bonds. The quantitative estimate of drug-likeness (QED) is 0.920. The van der Waals surface area contributed by atoms with Crippen LogP contribution in [0.2, 0.25) is 0 Å². The molecular formula is C18H15F3N2O2. The van der Waals surface area contributed by atoms with Crippen molar-refractivity contribution in [3.63, 3.8) is 0 Å². The maximum atomic E-state index is 13.3. The molecule has 1 aliphatic rings. The standard InChI is InChI=1S/C18H15F3N2O2/c1-10(11-5-6-14(20)15(21)8-11)22-18(24)17-9-16(23-25-17)12-3-2-4-13(19)7-12/h2-8,10,17H,9H2,1H3,(H,22,24)/t10-,17-/m1/s1. The van der Waals surface area contributed by atoms with Crippen LogP contribution in [-0.4, -0.2) is 17.7 Å². The molecule has 0 aromatic heterocycles. The van der Waals surface area contributed by atoms with Crippen LogP contribution in [0.5, 0.6) is 0 Å². The summed E-state index contributed by atoms with van der Waals surface area (Å²) in [6.07, 6.45) is -0.661. The van der Waals surface area contributed by atoms with Gasteiger partial charge >= 0.3 is 0 Å². The van der Waals surface area contributed by atoms with Crippen LogP contribution < -0.4 is 5.32 Å². The normalized spacial score (nSPS) is 17.6. The van der Waals surface area contributed by atoms with E-state index in [0.29, 0.717) is 16.8 Å². The maximum Gasteiger partial charge on any atom is 0.264 e. The Bertz CT molecular complexity index is 839. The van der Waals surface area contributed by atoms with E-state index in [-0.39, 0.29) is 6.42 Å². The molecule has 0 radical (unpaired) electrons. The lowest BCUT2D eigenvalue weighted by Crippen LogP contribution is -2.36. The second kappa shape index (κ2) is 6.96. The van der Waals surface area contributed by atoms with Crippen LogP contribution in [0, 0.1) is 17.5 Å². The van der Waals surface area contributed by atoms with Gasteiger partial charge in [0.1, 0.15) is 5.82 Å². The van der Waals surface area contributed by atoms with Crippen molar-refractivity contribution in [2.45, 2.75) is 25.5 Å². The predicted octanol–water partition coefficient (Wildman–Crippen LogP) is 3.47. The summed E-state index contributed by atoms with van der Waals surface area (Å²) in [4.78, 5) is 17.4. The first-order chi connectivity index (χ1) is 11.9. The van der Waals surface area contributed by atoms with Gasteiger partial charge in [-0.3, -0.25) is 4.79 Å². The molecule has 1 aliphatic heterocycles. The molecule has 0 saturated carbocycles. The van der Waals surface area contributed by atoms with Crippen molar-refractivity contribution in [2.75, 3.05) is 0 Å². The fourth-order valence-corrected chi connectivity index (χ4v) is 2.53. The third-order valence-corrected chi connectivity index (χ3v) is 3.92. The molecule has 3 rings (SSSR count). The lowest BCUT2D eigenvalue weighted by atomic mass is 10.0. The molecular weight excluding hydrogens is 333 g/mol. The first kappa shape index (κ1) is 17.0. The van der Waals surface area contributed by atoms with Crippen molar-refractivity contribution in [1.82, 2.24) is 5.32 Å². The summed E-state index contributed by atoms with van der Waals surface area (Å²) in [6, 6.07) is 8.74. The van der Waals surface area contributed by atoms with Crippen LogP contribution >= 0.6 is 0 Å². The number of rotatable bonds is 4. The molecule has 0 saturated heterocycles. The Morgan fingerprint density at radius 1 is 1.20 bits per heavy atom. The molecule has 2 aromatic rings. The Morgan fingerprint density at radius 3 is 2.72 bits per heavy atom. The summed E-state index contributed by atoms with van der Waals surface area (Å²) in [5, 5.41) is 6.50. The number of carbonyl (C=O) groups is 1. The zero-order chi connectivity index (χ0) is 18.0. The molecule has 0 aliphatic carbocycles. The molecule has 25 heavy (non-hydrogen) atoms. The Hall–Kier alpha value is -2.83. The van der Waals surface area contributed by atoms with Gasteiger partial charge in [0.2, 0.25) is 6.10 Å². The molecule has 7 heteroatoms. The number of nitrogens with one attached hydrogen (secondary N) is 1. The largest absolute Gasteiger partial charge is 0.382 e. The van der Waals surface area contributed by atoms with E-state index in [0.717, 1.165) is 12.1 Å². The minimum Gasteiger partial charge on any atom is -0.382 e. The molecule has 2 aromatic carbocycles. The van der Waals surface area contributed by atoms with Crippen LogP contribution in [0.4, 0.5) is 13.2 Å². The number of hydrogen-bond acceptors (Lipinski definition) is 3. The summed E-state index contributed by atoms with van der Waals surface area (Å²) >= 11 is 0. The SMILES string of the molecule is C[C@@H](NC(=O)[C@H]1CC(c2cccc(F)c2)=NO1)c1ccc(F)c(F)c1. The summed E-state index contributed by atoms with van der Waals surface area (Å²) in [6.45, 7) is 1.65. The van der Waals surface area contributed by atoms with E-state index in [1.54, 1.807) is 19.1 Å². The van der Waals surface area contributed by atoms with E-state index in [4.69, 9.17) is 4.84 Å². The molecule has 1 heterocycles. The molecule has 0 spiro atoms. The summed E-state index contributed by atoms with van der Waals surface area (Å²) < 4.78 is 39.5. The molecule has 0 bridgehead atoms. The number of carbonyl (C=O) groups excluding carboxylic acids is 1. The molecule has 0 fully saturated rings. The van der Waals surface area contributed by atoms with Gasteiger partial charge in [0.25, 0.3) is 5.91 Å². The topological polar surface area (TPSA) is 50.7 Å². The Kier molecular flexibility index (Phi) is 4.74. The highest BCUT2D eigenvalue weighted by atomic mass is 19.2. The van der Waals surface area contributed by atoms with Crippen molar-refractivity contribution in [2.24, 2.45) is 5.16 Å². The third kappa shape index (κ3) is 3.81. The highest BCUT2D eigenvalue weighted by Crippen LogP contribution is 2.20. The Morgan fingerprint density at radius 2 is 2.00 bits per heavy atom. The van der Waals surface area contributed by atoms with E-state index >= 15 is 0 Å². The number of oxime groups is 1. The molecule has 4 nitrogen and oxygen atoms in total. The van der Waals surface area contributed by atoms with Crippen molar-refractivity contribution >= 4 is 11.6 Å². The van der Waals surface area contributed by atoms with Gasteiger partial charge in [-0.15, -0.1) is 0 Å². The van der Waals surface area contributed by atoms with Gasteiger partial charge in [-0.05, 0) is 36.8 Å². The van der Waals surface area contributed by atoms with Gasteiger partial charge in [0, 0.05) is 12.0 Å². The minimum atomic E-state index is -0.979. The van der Waals surface area contributed by atoms with E-state index < -0.39 is 35.5 Å². The smallest absolute Gasteiger partial charge is 0.264 e. The zero-order valence-electron chi connectivity index (χ0n) is 13.3. The first-order valence-electron chi connectivity index (χ1n) is 7.68. The second-order valence-electron chi connectivity index (χ2n) is 5.75. The van der Waals surface area contributed by atoms with Gasteiger partial charge in [-0.2, -0.15) is 0 Å². The lowest BCUT2D eigenvalue weighted by molar-refractivity contribution is -0.131. The van der Waals surface area contributed by atoms with Gasteiger partial charge in [0.05, 0.1) is 11.8 Å². The Balaban J connectivity index is 1.62. The monoisotopic (exact) mass is 348 g/mol. The first-order valence-corrected chi connectivity index (χ1v) is 7.68. The van der Waals surface area contributed by atoms with Crippen LogP contribution in [-0.2, 0) is 9.63 Å². The maximum absolute atomic E-state index is 13.3. The number of nitrogens with zero attached hydrogens (tertiary/aromatic N) is 1. The van der Waals surface area contributed by atoms with Crippen LogP contribution in [0.25, 0.3) is 0 Å². The average molecular weight is 348 g/mol. The number of amides is 1. The van der Waals surface area contributed by atoms with Gasteiger partial charge in [-0.1, -0.05) is 23.4 Å². The fraction of sp³-hybridized carbons (Fsp3) is 0.222. The predicted molar refractivity (Wildman–Crippen MR) is 85.3 cm³/mol. The minimum absolute atomic E-state index is 0.194. The molecule has 0 unspecified atom stereocenters. The van der Waals surface area contributed by atoms with E-state index in [1.807, 2.05) is 0 Å². The van der Waals surface area contributed by atoms with E-state index in [9.17, 15) is 18.0 Å². The van der Waals surface area contributed by atoms with E-state index in [2.05, 4.69) is 10.5 Å². The average Bonchev–Trinajstić information content (AvgIpc) is 3.07. The lowest BCUT2D eigenvalue weighted by Gasteiger charge is -2.16. The number of halogens is 3. The molecule has 1 N–H and O–H groups in total. The number of hydrogen-bond donors (Lipinski definition) is 1. The van der Waals surface area contributed by atoms with Gasteiger partial charge in [0.15, 0.2) is 11.6 Å². The zero-order valence-corrected chi connectivity index (χ0v) is 13.3. The van der Waals surface area contributed by atoms with Crippen molar-refractivity contribution in [1.29, 1.82) is 0 Å². The highest BCUT2D eigenvalue weighted by molar-refractivity contribution is 6.04. The summed E-state index contributed by atoms with van der Waals surface area (Å²) in [7, 11) is 0. The molecule has 130 valence electrons. The van der Waals surface area contributed by atoms with Crippen LogP contribution in [0.15, 0.2) is 47.6 Å². The van der Waals surface area contributed by atoms with E-state index in [1.165, 1.54) is 18.2 Å². The highest BCUT2D eigenvalue weighted by Gasteiger charge is 2.30. The molecule has 2 atom stereocenters. The van der Waals surface area contributed by atoms with Crippen LogP contribution in [0.1, 0.15) is 30.5 Å². The third-order valence-electron chi connectivity index (χ3n) is 3.92. The number of benzene rings is 2. The van der Waals surface area contributed by atoms with Crippen LogP contribution in [0.3, 0.4) is 0 Å².